The Bertz CT molecular complexity index is 457. The number of halogens is 1. The molecule has 2 heterocycles. The lowest BCUT2D eigenvalue weighted by atomic mass is 9.96. The molecular weight excluding hydrogens is 310 g/mol. The third-order valence-electron chi connectivity index (χ3n) is 5.04. The van der Waals surface area contributed by atoms with Gasteiger partial charge in [-0.15, -0.1) is 12.4 Å². The fraction of sp³-hybridized carbons (Fsp3) is 0.667. The van der Waals surface area contributed by atoms with E-state index < -0.39 is 0 Å². The van der Waals surface area contributed by atoms with Crippen LogP contribution in [0, 0.1) is 5.92 Å². The standard InChI is InChI=1S/C18H29N3O.ClH/c1-22-18-6-2-5-17(14-18)21-12-10-20(11-13-21)9-7-16-4-3-8-19-15-16;/h2,5-6,14,16,19H,3-4,7-13,15H2,1H3;1H. The first-order chi connectivity index (χ1) is 10.8. The van der Waals surface area contributed by atoms with E-state index in [1.54, 1.807) is 7.11 Å². The van der Waals surface area contributed by atoms with Crippen LogP contribution in [-0.2, 0) is 0 Å². The first kappa shape index (κ1) is 18.4. The van der Waals surface area contributed by atoms with E-state index >= 15 is 0 Å². The molecule has 2 saturated heterocycles. The molecule has 0 aliphatic carbocycles. The topological polar surface area (TPSA) is 27.7 Å². The second kappa shape index (κ2) is 9.36. The first-order valence-corrected chi connectivity index (χ1v) is 8.67. The monoisotopic (exact) mass is 339 g/mol. The zero-order valence-electron chi connectivity index (χ0n) is 14.2. The molecule has 1 unspecified atom stereocenters. The van der Waals surface area contributed by atoms with Gasteiger partial charge in [0, 0.05) is 37.9 Å². The van der Waals surface area contributed by atoms with Crippen molar-refractivity contribution >= 4 is 18.1 Å². The third-order valence-corrected chi connectivity index (χ3v) is 5.04. The molecule has 0 saturated carbocycles. The highest BCUT2D eigenvalue weighted by atomic mass is 35.5. The van der Waals surface area contributed by atoms with E-state index in [4.69, 9.17) is 4.74 Å². The molecule has 0 aromatic heterocycles. The molecule has 130 valence electrons. The molecule has 5 heteroatoms. The Hall–Kier alpha value is -0.970. The van der Waals surface area contributed by atoms with Crippen molar-refractivity contribution in [1.29, 1.82) is 0 Å². The minimum absolute atomic E-state index is 0. The van der Waals surface area contributed by atoms with Gasteiger partial charge in [0.15, 0.2) is 0 Å². The van der Waals surface area contributed by atoms with E-state index in [1.807, 2.05) is 6.07 Å². The van der Waals surface area contributed by atoms with E-state index in [-0.39, 0.29) is 12.4 Å². The number of nitrogens with zero attached hydrogens (tertiary/aromatic N) is 2. The Labute approximate surface area is 146 Å². The molecule has 2 aliphatic heterocycles. The molecule has 1 aromatic rings. The number of hydrogen-bond donors (Lipinski definition) is 1. The van der Waals surface area contributed by atoms with Crippen LogP contribution in [0.4, 0.5) is 5.69 Å². The fourth-order valence-corrected chi connectivity index (χ4v) is 3.57. The summed E-state index contributed by atoms with van der Waals surface area (Å²) < 4.78 is 5.33. The molecule has 23 heavy (non-hydrogen) atoms. The van der Waals surface area contributed by atoms with Gasteiger partial charge in [0.05, 0.1) is 7.11 Å². The molecule has 0 spiro atoms. The van der Waals surface area contributed by atoms with Crippen molar-refractivity contribution in [1.82, 2.24) is 10.2 Å². The average Bonchev–Trinajstić information content (AvgIpc) is 2.61. The van der Waals surface area contributed by atoms with Gasteiger partial charge in [-0.2, -0.15) is 0 Å². The van der Waals surface area contributed by atoms with Gasteiger partial charge in [0.1, 0.15) is 5.75 Å². The lowest BCUT2D eigenvalue weighted by Crippen LogP contribution is -2.47. The molecule has 0 amide bonds. The lowest BCUT2D eigenvalue weighted by Gasteiger charge is -2.37. The van der Waals surface area contributed by atoms with Gasteiger partial charge in [-0.25, -0.2) is 0 Å². The first-order valence-electron chi connectivity index (χ1n) is 8.67. The van der Waals surface area contributed by atoms with Crippen LogP contribution in [0.15, 0.2) is 24.3 Å². The number of benzene rings is 1. The van der Waals surface area contributed by atoms with Crippen LogP contribution in [0.3, 0.4) is 0 Å². The summed E-state index contributed by atoms with van der Waals surface area (Å²) in [6, 6.07) is 8.42. The average molecular weight is 340 g/mol. The molecule has 4 nitrogen and oxygen atoms in total. The smallest absolute Gasteiger partial charge is 0.120 e. The summed E-state index contributed by atoms with van der Waals surface area (Å²) in [4.78, 5) is 5.10. The van der Waals surface area contributed by atoms with Gasteiger partial charge < -0.3 is 15.0 Å². The summed E-state index contributed by atoms with van der Waals surface area (Å²) in [5, 5.41) is 3.52. The van der Waals surface area contributed by atoms with Crippen LogP contribution in [0.2, 0.25) is 0 Å². The van der Waals surface area contributed by atoms with Gasteiger partial charge in [-0.05, 0) is 56.9 Å². The molecule has 3 rings (SSSR count). The zero-order chi connectivity index (χ0) is 15.2. The zero-order valence-corrected chi connectivity index (χ0v) is 15.0. The second-order valence-electron chi connectivity index (χ2n) is 6.53. The van der Waals surface area contributed by atoms with Gasteiger partial charge in [-0.3, -0.25) is 4.90 Å². The predicted molar refractivity (Wildman–Crippen MR) is 99.1 cm³/mol. The summed E-state index contributed by atoms with van der Waals surface area (Å²) in [5.41, 5.74) is 1.29. The largest absolute Gasteiger partial charge is 0.497 e. The van der Waals surface area contributed by atoms with Crippen LogP contribution in [0.5, 0.6) is 5.75 Å². The number of piperazine rings is 1. The number of anilines is 1. The quantitative estimate of drug-likeness (QED) is 0.892. The number of nitrogens with one attached hydrogen (secondary N) is 1. The normalized spacial score (nSPS) is 22.5. The van der Waals surface area contributed by atoms with Crippen LogP contribution >= 0.6 is 12.4 Å². The maximum Gasteiger partial charge on any atom is 0.120 e. The van der Waals surface area contributed by atoms with Crippen molar-refractivity contribution in [3.63, 3.8) is 0 Å². The number of methoxy groups -OCH3 is 1. The third kappa shape index (κ3) is 5.27. The molecule has 0 bridgehead atoms. The van der Waals surface area contributed by atoms with Crippen molar-refractivity contribution in [2.75, 3.05) is 57.8 Å². The summed E-state index contributed by atoms with van der Waals surface area (Å²) >= 11 is 0. The number of rotatable bonds is 5. The van der Waals surface area contributed by atoms with E-state index in [0.717, 1.165) is 24.8 Å². The van der Waals surface area contributed by atoms with Gasteiger partial charge in [0.25, 0.3) is 0 Å². The van der Waals surface area contributed by atoms with Crippen molar-refractivity contribution in [3.8, 4) is 5.75 Å². The Morgan fingerprint density at radius 2 is 2.04 bits per heavy atom. The lowest BCUT2D eigenvalue weighted by molar-refractivity contribution is 0.226. The van der Waals surface area contributed by atoms with Crippen molar-refractivity contribution in [3.05, 3.63) is 24.3 Å². The maximum absolute atomic E-state index is 5.33. The van der Waals surface area contributed by atoms with E-state index in [9.17, 15) is 0 Å². The van der Waals surface area contributed by atoms with E-state index in [1.165, 1.54) is 57.7 Å². The van der Waals surface area contributed by atoms with Crippen LogP contribution in [0.25, 0.3) is 0 Å². The van der Waals surface area contributed by atoms with Gasteiger partial charge >= 0.3 is 0 Å². The highest BCUT2D eigenvalue weighted by Crippen LogP contribution is 2.22. The maximum atomic E-state index is 5.33. The SMILES string of the molecule is COc1cccc(N2CCN(CCC3CCCNC3)CC2)c1.Cl. The van der Waals surface area contributed by atoms with Crippen molar-refractivity contribution in [2.24, 2.45) is 5.92 Å². The van der Waals surface area contributed by atoms with Crippen LogP contribution in [0.1, 0.15) is 19.3 Å². The second-order valence-corrected chi connectivity index (χ2v) is 6.53. The highest BCUT2D eigenvalue weighted by Gasteiger charge is 2.19. The van der Waals surface area contributed by atoms with Crippen molar-refractivity contribution in [2.45, 2.75) is 19.3 Å². The summed E-state index contributed by atoms with van der Waals surface area (Å²) in [6.45, 7) is 8.30. The Kier molecular flexibility index (Phi) is 7.47. The summed E-state index contributed by atoms with van der Waals surface area (Å²) in [7, 11) is 1.73. The molecule has 0 radical (unpaired) electrons. The number of hydrogen-bond acceptors (Lipinski definition) is 4. The van der Waals surface area contributed by atoms with E-state index in [2.05, 4.69) is 33.3 Å². The summed E-state index contributed by atoms with van der Waals surface area (Å²) in [5.74, 6) is 1.84. The molecular formula is C18H30ClN3O. The molecule has 1 N–H and O–H groups in total. The van der Waals surface area contributed by atoms with Crippen molar-refractivity contribution < 1.29 is 4.74 Å². The highest BCUT2D eigenvalue weighted by molar-refractivity contribution is 5.85. The molecule has 2 fully saturated rings. The minimum Gasteiger partial charge on any atom is -0.497 e. The number of ether oxygens (including phenoxy) is 1. The van der Waals surface area contributed by atoms with Gasteiger partial charge in [-0.1, -0.05) is 6.07 Å². The Morgan fingerprint density at radius 1 is 1.22 bits per heavy atom. The Balaban J connectivity index is 0.00000192. The minimum atomic E-state index is 0. The summed E-state index contributed by atoms with van der Waals surface area (Å²) in [6.07, 6.45) is 4.12. The van der Waals surface area contributed by atoms with Gasteiger partial charge in [0.2, 0.25) is 0 Å². The Morgan fingerprint density at radius 3 is 2.74 bits per heavy atom. The van der Waals surface area contributed by atoms with Crippen LogP contribution in [-0.4, -0.2) is 57.8 Å². The molecule has 2 aliphatic rings. The number of piperidine rings is 1. The fourth-order valence-electron chi connectivity index (χ4n) is 3.57. The predicted octanol–water partition coefficient (Wildman–Crippen LogP) is 2.63. The van der Waals surface area contributed by atoms with E-state index in [0.29, 0.717) is 0 Å². The molecule has 1 aromatic carbocycles. The molecule has 1 atom stereocenters. The van der Waals surface area contributed by atoms with Crippen LogP contribution < -0.4 is 15.0 Å².